The maximum absolute atomic E-state index is 12.1. The summed E-state index contributed by atoms with van der Waals surface area (Å²) < 4.78 is 7.73. The first kappa shape index (κ1) is 17.1. The highest BCUT2D eigenvalue weighted by Crippen LogP contribution is 2.03. The van der Waals surface area contributed by atoms with Crippen molar-refractivity contribution in [2.24, 2.45) is 7.05 Å². The first-order valence-corrected chi connectivity index (χ1v) is 7.67. The fourth-order valence-electron chi connectivity index (χ4n) is 2.05. The molecule has 0 saturated carbocycles. The number of carbonyl (C=O) groups is 1. The van der Waals surface area contributed by atoms with Crippen LogP contribution in [0.3, 0.4) is 0 Å². The van der Waals surface area contributed by atoms with Gasteiger partial charge < -0.3 is 10.1 Å². The summed E-state index contributed by atoms with van der Waals surface area (Å²) in [6.07, 6.45) is 4.31. The van der Waals surface area contributed by atoms with E-state index in [0.29, 0.717) is 6.54 Å². The van der Waals surface area contributed by atoms with Gasteiger partial charge in [0.1, 0.15) is 6.33 Å². The van der Waals surface area contributed by atoms with Crippen molar-refractivity contribution in [1.82, 2.24) is 29.7 Å². The van der Waals surface area contributed by atoms with E-state index in [1.165, 1.54) is 17.8 Å². The number of nitrogens with zero attached hydrogens (tertiary/aromatic N) is 5. The summed E-state index contributed by atoms with van der Waals surface area (Å²) in [6.45, 7) is 5.28. The molecule has 2 aromatic heterocycles. The number of carbonyl (C=O) groups excluding carboxylic acids is 1. The first-order valence-electron chi connectivity index (χ1n) is 7.67. The number of nitrogens with one attached hydrogen (secondary N) is 1. The molecule has 1 N–H and O–H groups in total. The summed E-state index contributed by atoms with van der Waals surface area (Å²) in [7, 11) is 1.48. The lowest BCUT2D eigenvalue weighted by molar-refractivity contribution is 0.0757. The van der Waals surface area contributed by atoms with Crippen LogP contribution >= 0.6 is 0 Å². The summed E-state index contributed by atoms with van der Waals surface area (Å²) in [5.41, 5.74) is -0.124. The van der Waals surface area contributed by atoms with Gasteiger partial charge in [0.2, 0.25) is 0 Å². The number of imidazole rings is 1. The molecule has 2 heterocycles. The Kier molecular flexibility index (Phi) is 5.80. The summed E-state index contributed by atoms with van der Waals surface area (Å²) in [5.74, 6) is -0.353. The molecule has 2 rings (SSSR count). The molecule has 9 nitrogen and oxygen atoms in total. The van der Waals surface area contributed by atoms with Gasteiger partial charge in [0.05, 0.1) is 6.10 Å². The fraction of sp³-hybridized carbons (Fsp3) is 0.643. The highest BCUT2D eigenvalue weighted by atomic mass is 16.5. The van der Waals surface area contributed by atoms with Crippen LogP contribution in [0.4, 0.5) is 0 Å². The maximum atomic E-state index is 12.1. The smallest absolute Gasteiger partial charge is 0.352 e. The lowest BCUT2D eigenvalue weighted by Gasteiger charge is -2.07. The molecule has 2 aromatic rings. The summed E-state index contributed by atoms with van der Waals surface area (Å²) in [6, 6.07) is 0. The second-order valence-corrected chi connectivity index (χ2v) is 5.52. The Bertz CT molecular complexity index is 721. The van der Waals surface area contributed by atoms with Gasteiger partial charge in [-0.2, -0.15) is 4.68 Å². The molecule has 0 aliphatic carbocycles. The number of amides is 1. The maximum Gasteiger partial charge on any atom is 0.352 e. The molecular weight excluding hydrogens is 300 g/mol. The molecule has 0 saturated heterocycles. The van der Waals surface area contributed by atoms with Gasteiger partial charge in [-0.25, -0.2) is 14.2 Å². The standard InChI is InChI=1S/C14H22N6O3/c1-10(2)23-8-6-4-5-7-15-13(21)11-12-17-18-19(3)14(22)20(12)9-16-11/h9-10H,4-8H2,1-3H3,(H,15,21). The molecule has 0 radical (unpaired) electrons. The van der Waals surface area contributed by atoms with Crippen molar-refractivity contribution in [2.75, 3.05) is 13.2 Å². The van der Waals surface area contributed by atoms with Crippen molar-refractivity contribution >= 4 is 11.6 Å². The number of rotatable bonds is 8. The van der Waals surface area contributed by atoms with Crippen molar-refractivity contribution in [3.63, 3.8) is 0 Å². The van der Waals surface area contributed by atoms with Crippen molar-refractivity contribution in [3.05, 3.63) is 22.5 Å². The molecule has 0 spiro atoms. The van der Waals surface area contributed by atoms with E-state index in [0.717, 1.165) is 30.6 Å². The van der Waals surface area contributed by atoms with Crippen LogP contribution in [0.1, 0.15) is 43.6 Å². The lowest BCUT2D eigenvalue weighted by atomic mass is 10.2. The van der Waals surface area contributed by atoms with E-state index in [1.54, 1.807) is 0 Å². The minimum absolute atomic E-state index is 0.110. The van der Waals surface area contributed by atoms with Gasteiger partial charge in [-0.1, -0.05) is 5.21 Å². The van der Waals surface area contributed by atoms with E-state index >= 15 is 0 Å². The molecule has 9 heteroatoms. The minimum atomic E-state index is -0.397. The largest absolute Gasteiger partial charge is 0.379 e. The highest BCUT2D eigenvalue weighted by Gasteiger charge is 2.16. The monoisotopic (exact) mass is 322 g/mol. The van der Waals surface area contributed by atoms with Crippen LogP contribution in [-0.2, 0) is 11.8 Å². The minimum Gasteiger partial charge on any atom is -0.379 e. The molecule has 0 aromatic carbocycles. The molecule has 0 unspecified atom stereocenters. The zero-order chi connectivity index (χ0) is 16.8. The zero-order valence-corrected chi connectivity index (χ0v) is 13.7. The molecule has 126 valence electrons. The number of fused-ring (bicyclic) bond motifs is 1. The Morgan fingerprint density at radius 1 is 1.35 bits per heavy atom. The number of aryl methyl sites for hydroxylation is 1. The quantitative estimate of drug-likeness (QED) is 0.694. The van der Waals surface area contributed by atoms with Gasteiger partial charge in [0, 0.05) is 20.2 Å². The topological polar surface area (TPSA) is 103 Å². The molecule has 0 atom stereocenters. The van der Waals surface area contributed by atoms with E-state index in [9.17, 15) is 9.59 Å². The van der Waals surface area contributed by atoms with Crippen molar-refractivity contribution in [3.8, 4) is 0 Å². The van der Waals surface area contributed by atoms with Gasteiger partial charge in [0.15, 0.2) is 11.3 Å². The van der Waals surface area contributed by atoms with E-state index in [-0.39, 0.29) is 23.4 Å². The van der Waals surface area contributed by atoms with Crippen molar-refractivity contribution < 1.29 is 9.53 Å². The average Bonchev–Trinajstić information content (AvgIpc) is 2.94. The van der Waals surface area contributed by atoms with E-state index < -0.39 is 5.69 Å². The average molecular weight is 322 g/mol. The van der Waals surface area contributed by atoms with E-state index in [2.05, 4.69) is 20.6 Å². The lowest BCUT2D eigenvalue weighted by Crippen LogP contribution is -2.29. The number of aromatic nitrogens is 5. The first-order chi connectivity index (χ1) is 11.0. The van der Waals surface area contributed by atoms with Crippen LogP contribution in [0.15, 0.2) is 11.1 Å². The Morgan fingerprint density at radius 2 is 2.13 bits per heavy atom. The van der Waals surface area contributed by atoms with Crippen LogP contribution in [0.2, 0.25) is 0 Å². The van der Waals surface area contributed by atoms with Crippen molar-refractivity contribution in [2.45, 2.75) is 39.2 Å². The zero-order valence-electron chi connectivity index (χ0n) is 13.7. The van der Waals surface area contributed by atoms with Crippen LogP contribution in [0.25, 0.3) is 5.65 Å². The third-order valence-corrected chi connectivity index (χ3v) is 3.27. The molecule has 0 fully saturated rings. The predicted octanol–water partition coefficient (Wildman–Crippen LogP) is 0.148. The van der Waals surface area contributed by atoms with Gasteiger partial charge in [0.25, 0.3) is 5.91 Å². The summed E-state index contributed by atoms with van der Waals surface area (Å²) in [4.78, 5) is 27.9. The third kappa shape index (κ3) is 4.35. The summed E-state index contributed by atoms with van der Waals surface area (Å²) >= 11 is 0. The number of ether oxygens (including phenoxy) is 1. The van der Waals surface area contributed by atoms with E-state index in [1.807, 2.05) is 13.8 Å². The normalized spacial score (nSPS) is 11.3. The fourth-order valence-corrected chi connectivity index (χ4v) is 2.05. The molecule has 0 bridgehead atoms. The Hall–Kier alpha value is -2.29. The van der Waals surface area contributed by atoms with Crippen LogP contribution in [0, 0.1) is 0 Å². The van der Waals surface area contributed by atoms with Crippen LogP contribution < -0.4 is 11.0 Å². The Morgan fingerprint density at radius 3 is 2.87 bits per heavy atom. The van der Waals surface area contributed by atoms with Gasteiger partial charge >= 0.3 is 5.69 Å². The molecular formula is C14H22N6O3. The number of hydrogen-bond donors (Lipinski definition) is 1. The predicted molar refractivity (Wildman–Crippen MR) is 83.3 cm³/mol. The molecule has 1 amide bonds. The third-order valence-electron chi connectivity index (χ3n) is 3.27. The molecule has 23 heavy (non-hydrogen) atoms. The molecule has 0 aliphatic heterocycles. The number of unbranched alkanes of at least 4 members (excludes halogenated alkanes) is 2. The van der Waals surface area contributed by atoms with Crippen LogP contribution in [0.5, 0.6) is 0 Å². The van der Waals surface area contributed by atoms with Gasteiger partial charge in [-0.3, -0.25) is 4.79 Å². The Balaban J connectivity index is 1.83. The van der Waals surface area contributed by atoms with Crippen LogP contribution in [-0.4, -0.2) is 49.5 Å². The second kappa shape index (κ2) is 7.82. The van der Waals surface area contributed by atoms with E-state index in [4.69, 9.17) is 4.74 Å². The van der Waals surface area contributed by atoms with Gasteiger partial charge in [-0.15, -0.1) is 5.10 Å². The van der Waals surface area contributed by atoms with Gasteiger partial charge in [-0.05, 0) is 33.1 Å². The Labute approximate surface area is 133 Å². The molecule has 0 aliphatic rings. The van der Waals surface area contributed by atoms with Crippen molar-refractivity contribution in [1.29, 1.82) is 0 Å². The summed E-state index contributed by atoms with van der Waals surface area (Å²) in [5, 5.41) is 10.3. The SMILES string of the molecule is CC(C)OCCCCCNC(=O)c1ncn2c(=O)n(C)nnc12. The highest BCUT2D eigenvalue weighted by molar-refractivity contribution is 5.97. The number of hydrogen-bond acceptors (Lipinski definition) is 6. The second-order valence-electron chi connectivity index (χ2n) is 5.52.